The number of hydrogen-bond donors (Lipinski definition) is 3. The lowest BCUT2D eigenvalue weighted by Crippen LogP contribution is -2.46. The van der Waals surface area contributed by atoms with Gasteiger partial charge in [-0.2, -0.15) is 0 Å². The molecule has 0 aromatic heterocycles. The molecule has 0 bridgehead atoms. The zero-order valence-electron chi connectivity index (χ0n) is 15.5. The van der Waals surface area contributed by atoms with Gasteiger partial charge in [-0.05, 0) is 31.4 Å². The van der Waals surface area contributed by atoms with Crippen LogP contribution in [-0.2, 0) is 9.59 Å². The Hall–Kier alpha value is -2.12. The summed E-state index contributed by atoms with van der Waals surface area (Å²) < 4.78 is 0. The second-order valence-corrected chi connectivity index (χ2v) is 6.48. The van der Waals surface area contributed by atoms with Crippen LogP contribution in [0.2, 0.25) is 0 Å². The second-order valence-electron chi connectivity index (χ2n) is 6.48. The third-order valence-corrected chi connectivity index (χ3v) is 4.48. The van der Waals surface area contributed by atoms with E-state index in [0.717, 1.165) is 12.8 Å². The third kappa shape index (κ3) is 7.56. The Morgan fingerprint density at radius 3 is 2.56 bits per heavy atom. The molecule has 1 aliphatic heterocycles. The van der Waals surface area contributed by atoms with E-state index in [-0.39, 0.29) is 36.0 Å². The summed E-state index contributed by atoms with van der Waals surface area (Å²) in [7, 11) is 0. The van der Waals surface area contributed by atoms with Crippen molar-refractivity contribution in [3.63, 3.8) is 0 Å². The molecule has 8 heteroatoms. The minimum Gasteiger partial charge on any atom is -0.355 e. The number of likely N-dealkylation sites (tertiary alicyclic amines) is 1. The first-order chi connectivity index (χ1) is 12.6. The van der Waals surface area contributed by atoms with Gasteiger partial charge in [0.1, 0.15) is 0 Å². The number of rotatable bonds is 8. The Morgan fingerprint density at radius 2 is 1.85 bits per heavy atom. The molecule has 1 fully saturated rings. The van der Waals surface area contributed by atoms with Gasteiger partial charge in [-0.15, -0.1) is 12.4 Å². The van der Waals surface area contributed by atoms with E-state index >= 15 is 0 Å². The Balaban J connectivity index is 0.00000364. The molecule has 1 aliphatic rings. The lowest BCUT2D eigenvalue weighted by molar-refractivity contribution is -0.135. The quantitative estimate of drug-likeness (QED) is 0.568. The minimum absolute atomic E-state index is 0. The van der Waals surface area contributed by atoms with Crippen molar-refractivity contribution in [2.24, 2.45) is 11.7 Å². The van der Waals surface area contributed by atoms with E-state index in [1.165, 1.54) is 0 Å². The number of benzene rings is 1. The van der Waals surface area contributed by atoms with Crippen LogP contribution in [0.4, 0.5) is 0 Å². The molecule has 3 amide bonds. The maximum atomic E-state index is 12.4. The van der Waals surface area contributed by atoms with E-state index in [1.807, 2.05) is 18.2 Å². The fourth-order valence-electron chi connectivity index (χ4n) is 3.05. The van der Waals surface area contributed by atoms with Gasteiger partial charge < -0.3 is 21.3 Å². The molecule has 27 heavy (non-hydrogen) atoms. The number of carbonyl (C=O) groups excluding carboxylic acids is 3. The highest BCUT2D eigenvalue weighted by Crippen LogP contribution is 2.17. The highest BCUT2D eigenvalue weighted by atomic mass is 35.5. The standard InChI is InChI=1S/C19H28N4O3.ClH/c20-10-12-22-19(26)16-8-5-13-23(14-16)17(24)9-4-11-21-18(25)15-6-2-1-3-7-15;/h1-3,6-7,16H,4-5,8-14,20H2,(H,21,25)(H,22,26);1H. The van der Waals surface area contributed by atoms with Gasteiger partial charge >= 0.3 is 0 Å². The van der Waals surface area contributed by atoms with Crippen LogP contribution in [0, 0.1) is 5.92 Å². The molecule has 4 N–H and O–H groups in total. The SMILES string of the molecule is Cl.NCCNC(=O)C1CCCN(C(=O)CCCNC(=O)c2ccccc2)C1. The summed E-state index contributed by atoms with van der Waals surface area (Å²) in [4.78, 5) is 38.1. The van der Waals surface area contributed by atoms with Crippen molar-refractivity contribution < 1.29 is 14.4 Å². The van der Waals surface area contributed by atoms with Gasteiger partial charge in [0.25, 0.3) is 5.91 Å². The first-order valence-corrected chi connectivity index (χ1v) is 9.20. The molecule has 1 heterocycles. The van der Waals surface area contributed by atoms with Crippen molar-refractivity contribution in [3.8, 4) is 0 Å². The average Bonchev–Trinajstić information content (AvgIpc) is 2.69. The van der Waals surface area contributed by atoms with Crippen LogP contribution >= 0.6 is 12.4 Å². The summed E-state index contributed by atoms with van der Waals surface area (Å²) in [5, 5.41) is 5.61. The van der Waals surface area contributed by atoms with Gasteiger partial charge in [-0.3, -0.25) is 14.4 Å². The van der Waals surface area contributed by atoms with Crippen molar-refractivity contribution >= 4 is 30.1 Å². The van der Waals surface area contributed by atoms with Crippen LogP contribution < -0.4 is 16.4 Å². The molecule has 2 rings (SSSR count). The number of nitrogens with two attached hydrogens (primary N) is 1. The molecule has 1 saturated heterocycles. The lowest BCUT2D eigenvalue weighted by atomic mass is 9.96. The molecular formula is C19H29ClN4O3. The molecule has 150 valence electrons. The summed E-state index contributed by atoms with van der Waals surface area (Å²) in [5.74, 6) is -0.275. The minimum atomic E-state index is -0.156. The normalized spacial score (nSPS) is 16.2. The molecule has 0 radical (unpaired) electrons. The summed E-state index contributed by atoms with van der Waals surface area (Å²) in [6, 6.07) is 9.00. The fourth-order valence-corrected chi connectivity index (χ4v) is 3.05. The topological polar surface area (TPSA) is 105 Å². The summed E-state index contributed by atoms with van der Waals surface area (Å²) in [6.45, 7) is 2.48. The second kappa shape index (κ2) is 12.3. The summed E-state index contributed by atoms with van der Waals surface area (Å²) in [6.07, 6.45) is 2.58. The van der Waals surface area contributed by atoms with Crippen LogP contribution in [-0.4, -0.2) is 55.3 Å². The Bertz CT molecular complexity index is 612. The molecule has 0 aliphatic carbocycles. The van der Waals surface area contributed by atoms with Crippen molar-refractivity contribution in [2.45, 2.75) is 25.7 Å². The fraction of sp³-hybridized carbons (Fsp3) is 0.526. The molecule has 1 aromatic rings. The molecule has 1 atom stereocenters. The van der Waals surface area contributed by atoms with E-state index < -0.39 is 0 Å². The molecule has 0 spiro atoms. The van der Waals surface area contributed by atoms with Crippen molar-refractivity contribution in [1.29, 1.82) is 0 Å². The molecular weight excluding hydrogens is 368 g/mol. The lowest BCUT2D eigenvalue weighted by Gasteiger charge is -2.32. The summed E-state index contributed by atoms with van der Waals surface area (Å²) >= 11 is 0. The number of piperidine rings is 1. The molecule has 1 unspecified atom stereocenters. The predicted octanol–water partition coefficient (Wildman–Crippen LogP) is 0.932. The van der Waals surface area contributed by atoms with Crippen LogP contribution in [0.3, 0.4) is 0 Å². The Morgan fingerprint density at radius 1 is 1.11 bits per heavy atom. The Kier molecular flexibility index (Phi) is 10.4. The molecule has 7 nitrogen and oxygen atoms in total. The molecule has 0 saturated carbocycles. The van der Waals surface area contributed by atoms with Crippen molar-refractivity contribution in [3.05, 3.63) is 35.9 Å². The summed E-state index contributed by atoms with van der Waals surface area (Å²) in [5.41, 5.74) is 6.01. The highest BCUT2D eigenvalue weighted by molar-refractivity contribution is 5.94. The smallest absolute Gasteiger partial charge is 0.251 e. The number of nitrogens with zero attached hydrogens (tertiary/aromatic N) is 1. The average molecular weight is 397 g/mol. The van der Waals surface area contributed by atoms with E-state index in [9.17, 15) is 14.4 Å². The number of carbonyl (C=O) groups is 3. The van der Waals surface area contributed by atoms with Crippen LogP contribution in [0.15, 0.2) is 30.3 Å². The number of amides is 3. The predicted molar refractivity (Wildman–Crippen MR) is 107 cm³/mol. The van der Waals surface area contributed by atoms with Crippen molar-refractivity contribution in [1.82, 2.24) is 15.5 Å². The van der Waals surface area contributed by atoms with Crippen LogP contribution in [0.1, 0.15) is 36.0 Å². The van der Waals surface area contributed by atoms with E-state index in [4.69, 9.17) is 5.73 Å². The zero-order chi connectivity index (χ0) is 18.8. The number of halogens is 1. The van der Waals surface area contributed by atoms with Crippen LogP contribution in [0.5, 0.6) is 0 Å². The van der Waals surface area contributed by atoms with Gasteiger partial charge in [0.05, 0.1) is 5.92 Å². The van der Waals surface area contributed by atoms with Crippen molar-refractivity contribution in [2.75, 3.05) is 32.7 Å². The van der Waals surface area contributed by atoms with Gasteiger partial charge in [0.2, 0.25) is 11.8 Å². The number of hydrogen-bond acceptors (Lipinski definition) is 4. The number of nitrogens with one attached hydrogen (secondary N) is 2. The highest BCUT2D eigenvalue weighted by Gasteiger charge is 2.27. The molecule has 1 aromatic carbocycles. The van der Waals surface area contributed by atoms with E-state index in [0.29, 0.717) is 51.1 Å². The maximum Gasteiger partial charge on any atom is 0.251 e. The van der Waals surface area contributed by atoms with Gasteiger partial charge in [0.15, 0.2) is 0 Å². The monoisotopic (exact) mass is 396 g/mol. The third-order valence-electron chi connectivity index (χ3n) is 4.48. The van der Waals surface area contributed by atoms with Crippen LogP contribution in [0.25, 0.3) is 0 Å². The van der Waals surface area contributed by atoms with Gasteiger partial charge in [-0.25, -0.2) is 0 Å². The first-order valence-electron chi connectivity index (χ1n) is 9.20. The van der Waals surface area contributed by atoms with Gasteiger partial charge in [-0.1, -0.05) is 18.2 Å². The van der Waals surface area contributed by atoms with E-state index in [2.05, 4.69) is 10.6 Å². The van der Waals surface area contributed by atoms with Gasteiger partial charge in [0, 0.05) is 44.7 Å². The largest absolute Gasteiger partial charge is 0.355 e. The van der Waals surface area contributed by atoms with E-state index in [1.54, 1.807) is 17.0 Å². The first kappa shape index (κ1) is 22.9. The maximum absolute atomic E-state index is 12.4. The Labute approximate surface area is 166 Å². The zero-order valence-corrected chi connectivity index (χ0v) is 16.3.